The second kappa shape index (κ2) is 18.1. The van der Waals surface area contributed by atoms with E-state index in [0.717, 1.165) is 17.1 Å². The Morgan fingerprint density at radius 2 is 0.421 bits per heavy atom. The van der Waals surface area contributed by atoms with Gasteiger partial charge in [-0.25, -0.2) is 0 Å². The van der Waals surface area contributed by atoms with Crippen molar-refractivity contribution in [1.29, 1.82) is 0 Å². The molecule has 12 aromatic rings. The summed E-state index contributed by atoms with van der Waals surface area (Å²) in [6, 6.07) is 108. The highest BCUT2D eigenvalue weighted by atomic mass is 15.1. The van der Waals surface area contributed by atoms with Crippen molar-refractivity contribution in [2.24, 2.45) is 0 Å². The van der Waals surface area contributed by atoms with Crippen molar-refractivity contribution in [3.63, 3.8) is 0 Å². The Hall–Kier alpha value is -9.56. The zero-order chi connectivity index (χ0) is 50.1. The van der Waals surface area contributed by atoms with Crippen molar-refractivity contribution < 1.29 is 0 Å². The molecule has 1 heteroatoms. The molecule has 0 amide bonds. The molecule has 3 aliphatic rings. The summed E-state index contributed by atoms with van der Waals surface area (Å²) in [6.45, 7) is 0. The second-order valence-corrected chi connectivity index (χ2v) is 20.6. The minimum atomic E-state index is 0.120. The van der Waals surface area contributed by atoms with Gasteiger partial charge in [0, 0.05) is 34.8 Å². The Balaban J connectivity index is 0.836. The Morgan fingerprint density at radius 3 is 0.711 bits per heavy atom. The number of rotatable bonds is 9. The Kier molecular flexibility index (Phi) is 10.5. The summed E-state index contributed by atoms with van der Waals surface area (Å²) >= 11 is 0. The van der Waals surface area contributed by atoms with E-state index in [2.05, 4.69) is 296 Å². The van der Waals surface area contributed by atoms with Gasteiger partial charge in [-0.05, 0) is 153 Å². The highest BCUT2D eigenvalue weighted by Crippen LogP contribution is 2.55. The van der Waals surface area contributed by atoms with Crippen LogP contribution in [0.15, 0.2) is 291 Å². The number of hydrogen-bond acceptors (Lipinski definition) is 1. The largest absolute Gasteiger partial charge is 0.311 e. The fourth-order valence-electron chi connectivity index (χ4n) is 13.3. The van der Waals surface area contributed by atoms with Crippen LogP contribution in [0.2, 0.25) is 0 Å². The van der Waals surface area contributed by atoms with Gasteiger partial charge in [-0.1, -0.05) is 255 Å². The average Bonchev–Trinajstić information content (AvgIpc) is 4.23. The first-order chi connectivity index (χ1) is 37.7. The molecule has 0 radical (unpaired) electrons. The van der Waals surface area contributed by atoms with Crippen LogP contribution in [0.5, 0.6) is 0 Å². The highest BCUT2D eigenvalue weighted by molar-refractivity contribution is 5.95. The minimum Gasteiger partial charge on any atom is -0.311 e. The van der Waals surface area contributed by atoms with E-state index < -0.39 is 0 Å². The SMILES string of the molecule is c1ccc(-c2cccc3c2-c2ccccc2C3c2ccc(N(c3ccc(C4c5ccccc5-c5c(-c6ccccc6)cccc54)cc3)c3ccc(C4c5ccccc5-c5c(-c6ccccc6)cccc54)cc3)cc2)cc1. The standard InChI is InChI=1S/C75H51N/c1-4-19-49(20-5-1)58-31-16-34-67-70(61-25-10-13-28-64(61)73(58)67)52-37-43-55(44-38-52)76(56-45-39-53(40-46-56)71-62-26-11-14-29-65(62)74-59(32-17-35-68(71)74)50-21-6-2-7-22-50)57-47-41-54(42-48-57)72-63-27-12-15-30-66(63)75-60(33-18-36-69(72)75)51-23-8-3-9-24-51/h1-48,70-72H. The summed E-state index contributed by atoms with van der Waals surface area (Å²) in [6.07, 6.45) is 0. The number of anilines is 3. The van der Waals surface area contributed by atoms with E-state index in [0.29, 0.717) is 0 Å². The maximum absolute atomic E-state index is 2.44. The van der Waals surface area contributed by atoms with Gasteiger partial charge in [-0.3, -0.25) is 0 Å². The lowest BCUT2D eigenvalue weighted by molar-refractivity contribution is 1.01. The van der Waals surface area contributed by atoms with E-state index in [-0.39, 0.29) is 17.8 Å². The van der Waals surface area contributed by atoms with E-state index in [1.807, 2.05) is 0 Å². The van der Waals surface area contributed by atoms with Crippen molar-refractivity contribution in [3.8, 4) is 66.8 Å². The molecule has 356 valence electrons. The van der Waals surface area contributed by atoms with E-state index in [1.54, 1.807) is 0 Å². The van der Waals surface area contributed by atoms with Gasteiger partial charge >= 0.3 is 0 Å². The maximum atomic E-state index is 2.44. The molecule has 0 bridgehead atoms. The predicted molar refractivity (Wildman–Crippen MR) is 316 cm³/mol. The summed E-state index contributed by atoms with van der Waals surface area (Å²) in [4.78, 5) is 2.44. The van der Waals surface area contributed by atoms with Gasteiger partial charge in [-0.2, -0.15) is 0 Å². The molecule has 0 spiro atoms. The molecule has 3 aliphatic carbocycles. The van der Waals surface area contributed by atoms with E-state index in [1.165, 1.54) is 117 Å². The molecule has 0 saturated carbocycles. The molecule has 0 heterocycles. The maximum Gasteiger partial charge on any atom is 0.0461 e. The van der Waals surface area contributed by atoms with Crippen molar-refractivity contribution in [3.05, 3.63) is 341 Å². The molecule has 3 atom stereocenters. The first kappa shape index (κ1) is 44.0. The number of benzene rings is 12. The van der Waals surface area contributed by atoms with Crippen LogP contribution >= 0.6 is 0 Å². The van der Waals surface area contributed by atoms with Crippen LogP contribution in [0.4, 0.5) is 17.1 Å². The Morgan fingerprint density at radius 1 is 0.184 bits per heavy atom. The lowest BCUT2D eigenvalue weighted by atomic mass is 9.87. The normalized spacial score (nSPS) is 15.2. The number of fused-ring (bicyclic) bond motifs is 9. The van der Waals surface area contributed by atoms with Gasteiger partial charge in [0.1, 0.15) is 0 Å². The molecule has 0 saturated heterocycles. The third-order valence-corrected chi connectivity index (χ3v) is 16.6. The van der Waals surface area contributed by atoms with Gasteiger partial charge in [0.25, 0.3) is 0 Å². The topological polar surface area (TPSA) is 3.24 Å². The number of nitrogens with zero attached hydrogens (tertiary/aromatic N) is 1. The fraction of sp³-hybridized carbons (Fsp3) is 0.0400. The van der Waals surface area contributed by atoms with E-state index >= 15 is 0 Å². The molecule has 76 heavy (non-hydrogen) atoms. The molecular weight excluding hydrogens is 915 g/mol. The van der Waals surface area contributed by atoms with Crippen molar-refractivity contribution in [2.45, 2.75) is 17.8 Å². The Bertz CT molecular complexity index is 3710. The first-order valence-corrected chi connectivity index (χ1v) is 26.7. The lowest BCUT2D eigenvalue weighted by Crippen LogP contribution is -2.11. The third kappa shape index (κ3) is 7.08. The molecule has 0 fully saturated rings. The van der Waals surface area contributed by atoms with Crippen LogP contribution in [0.3, 0.4) is 0 Å². The zero-order valence-corrected chi connectivity index (χ0v) is 41.9. The van der Waals surface area contributed by atoms with Crippen LogP contribution in [-0.2, 0) is 0 Å². The van der Waals surface area contributed by atoms with Crippen molar-refractivity contribution in [1.82, 2.24) is 0 Å². The summed E-state index contributed by atoms with van der Waals surface area (Å²) in [5, 5.41) is 0. The highest BCUT2D eigenvalue weighted by Gasteiger charge is 2.35. The quantitative estimate of drug-likeness (QED) is 0.139. The van der Waals surface area contributed by atoms with Crippen LogP contribution in [0.1, 0.15) is 67.8 Å². The second-order valence-electron chi connectivity index (χ2n) is 20.6. The van der Waals surface area contributed by atoms with E-state index in [4.69, 9.17) is 0 Å². The van der Waals surface area contributed by atoms with Gasteiger partial charge in [-0.15, -0.1) is 0 Å². The predicted octanol–water partition coefficient (Wildman–Crippen LogP) is 19.6. The van der Waals surface area contributed by atoms with Crippen LogP contribution in [0, 0.1) is 0 Å². The minimum absolute atomic E-state index is 0.120. The molecular formula is C75H51N. The summed E-state index contributed by atoms with van der Waals surface area (Å²) in [5.74, 6) is 0.361. The monoisotopic (exact) mass is 965 g/mol. The molecule has 0 aromatic heterocycles. The number of hydrogen-bond donors (Lipinski definition) is 0. The molecule has 3 unspecified atom stereocenters. The van der Waals surface area contributed by atoms with Crippen LogP contribution in [0.25, 0.3) is 66.8 Å². The van der Waals surface area contributed by atoms with Gasteiger partial charge in [0.05, 0.1) is 0 Å². The van der Waals surface area contributed by atoms with E-state index in [9.17, 15) is 0 Å². The van der Waals surface area contributed by atoms with Crippen LogP contribution < -0.4 is 4.90 Å². The van der Waals surface area contributed by atoms with Gasteiger partial charge < -0.3 is 4.90 Å². The fourth-order valence-corrected chi connectivity index (χ4v) is 13.3. The average molecular weight is 966 g/mol. The van der Waals surface area contributed by atoms with Crippen molar-refractivity contribution >= 4 is 17.1 Å². The van der Waals surface area contributed by atoms with Crippen LogP contribution in [-0.4, -0.2) is 0 Å². The Labute approximate surface area is 445 Å². The van der Waals surface area contributed by atoms with Gasteiger partial charge in [0.15, 0.2) is 0 Å². The summed E-state index contributed by atoms with van der Waals surface area (Å²) < 4.78 is 0. The molecule has 0 aliphatic heterocycles. The lowest BCUT2D eigenvalue weighted by Gasteiger charge is -2.27. The molecule has 1 nitrogen and oxygen atoms in total. The van der Waals surface area contributed by atoms with Crippen molar-refractivity contribution in [2.75, 3.05) is 4.90 Å². The smallest absolute Gasteiger partial charge is 0.0461 e. The summed E-state index contributed by atoms with van der Waals surface area (Å²) in [5.41, 5.74) is 30.9. The molecule has 0 N–H and O–H groups in total. The third-order valence-electron chi connectivity index (χ3n) is 16.6. The first-order valence-electron chi connectivity index (χ1n) is 26.7. The summed E-state index contributed by atoms with van der Waals surface area (Å²) in [7, 11) is 0. The van der Waals surface area contributed by atoms with Gasteiger partial charge in [0.2, 0.25) is 0 Å². The molecule has 15 rings (SSSR count). The molecule has 12 aromatic carbocycles. The zero-order valence-electron chi connectivity index (χ0n) is 41.9.